The van der Waals surface area contributed by atoms with E-state index in [-0.39, 0.29) is 0 Å². The highest BCUT2D eigenvalue weighted by Gasteiger charge is 2.23. The van der Waals surface area contributed by atoms with E-state index in [1.165, 1.54) is 37.7 Å². The lowest BCUT2D eigenvalue weighted by Crippen LogP contribution is -2.43. The molecule has 1 aromatic carbocycles. The van der Waals surface area contributed by atoms with E-state index >= 15 is 0 Å². The van der Waals surface area contributed by atoms with Crippen LogP contribution < -0.4 is 5.32 Å². The van der Waals surface area contributed by atoms with Gasteiger partial charge in [-0.05, 0) is 50.6 Å². The van der Waals surface area contributed by atoms with Gasteiger partial charge in [0.1, 0.15) is 0 Å². The van der Waals surface area contributed by atoms with Crippen LogP contribution in [0.1, 0.15) is 44.6 Å². The largest absolute Gasteiger partial charge is 0.377 e. The second-order valence-electron chi connectivity index (χ2n) is 5.49. The lowest BCUT2D eigenvalue weighted by Gasteiger charge is -2.31. The first-order chi connectivity index (χ1) is 9.40. The molecule has 106 valence electrons. The Labute approximate surface area is 117 Å². The van der Waals surface area contributed by atoms with E-state index in [0.29, 0.717) is 12.1 Å². The van der Waals surface area contributed by atoms with E-state index in [0.717, 1.165) is 19.6 Å². The van der Waals surface area contributed by atoms with Gasteiger partial charge in [0.2, 0.25) is 0 Å². The molecule has 2 atom stereocenters. The Balaban J connectivity index is 1.85. The summed E-state index contributed by atoms with van der Waals surface area (Å²) in [5.74, 6) is 0. The average Bonchev–Trinajstić information content (AvgIpc) is 2.49. The van der Waals surface area contributed by atoms with Crippen LogP contribution in [0.25, 0.3) is 0 Å². The van der Waals surface area contributed by atoms with Crippen molar-refractivity contribution in [3.8, 4) is 0 Å². The molecule has 2 unspecified atom stereocenters. The maximum Gasteiger partial charge on any atom is 0.0728 e. The van der Waals surface area contributed by atoms with E-state index in [9.17, 15) is 0 Å². The van der Waals surface area contributed by atoms with Crippen LogP contribution in [0.2, 0.25) is 0 Å². The summed E-state index contributed by atoms with van der Waals surface area (Å²) in [4.78, 5) is 0. The van der Waals surface area contributed by atoms with Gasteiger partial charge >= 0.3 is 0 Å². The lowest BCUT2D eigenvalue weighted by molar-refractivity contribution is -0.00914. The minimum atomic E-state index is 0.420. The Morgan fingerprint density at radius 2 is 2.11 bits per heavy atom. The zero-order valence-corrected chi connectivity index (χ0v) is 12.1. The van der Waals surface area contributed by atoms with Crippen LogP contribution in [-0.2, 0) is 11.2 Å². The van der Waals surface area contributed by atoms with E-state index in [4.69, 9.17) is 4.74 Å². The Morgan fingerprint density at radius 3 is 2.79 bits per heavy atom. The number of rotatable bonds is 7. The van der Waals surface area contributed by atoms with Crippen LogP contribution >= 0.6 is 0 Å². The van der Waals surface area contributed by atoms with Gasteiger partial charge in [0.15, 0.2) is 0 Å². The molecule has 2 heteroatoms. The smallest absolute Gasteiger partial charge is 0.0728 e. The van der Waals surface area contributed by atoms with Crippen LogP contribution in [0.3, 0.4) is 0 Å². The first kappa shape index (κ1) is 14.5. The van der Waals surface area contributed by atoms with Gasteiger partial charge in [-0.1, -0.05) is 37.3 Å². The van der Waals surface area contributed by atoms with Crippen molar-refractivity contribution in [2.24, 2.45) is 0 Å². The molecule has 0 amide bonds. The van der Waals surface area contributed by atoms with Crippen molar-refractivity contribution < 1.29 is 4.74 Å². The van der Waals surface area contributed by atoms with Crippen LogP contribution in [0, 0.1) is 0 Å². The van der Waals surface area contributed by atoms with Crippen LogP contribution in [0.5, 0.6) is 0 Å². The molecular formula is C17H27NO. The van der Waals surface area contributed by atoms with Crippen molar-refractivity contribution in [1.29, 1.82) is 0 Å². The maximum absolute atomic E-state index is 5.96. The molecule has 0 aromatic heterocycles. The fourth-order valence-corrected chi connectivity index (χ4v) is 2.80. The second kappa shape index (κ2) is 8.34. The quantitative estimate of drug-likeness (QED) is 0.810. The van der Waals surface area contributed by atoms with E-state index in [1.54, 1.807) is 0 Å². The molecule has 1 aromatic rings. The Morgan fingerprint density at radius 1 is 1.26 bits per heavy atom. The Kier molecular flexibility index (Phi) is 6.38. The van der Waals surface area contributed by atoms with E-state index in [2.05, 4.69) is 42.6 Å². The summed E-state index contributed by atoms with van der Waals surface area (Å²) in [5.41, 5.74) is 1.43. The molecule has 1 aliphatic rings. The minimum absolute atomic E-state index is 0.420. The molecule has 0 saturated carbocycles. The first-order valence-corrected chi connectivity index (χ1v) is 7.79. The lowest BCUT2D eigenvalue weighted by atomic mass is 9.96. The molecule has 1 aliphatic heterocycles. The van der Waals surface area contributed by atoms with Gasteiger partial charge in [0, 0.05) is 12.6 Å². The van der Waals surface area contributed by atoms with Gasteiger partial charge in [-0.3, -0.25) is 0 Å². The molecule has 1 fully saturated rings. The molecule has 2 nitrogen and oxygen atoms in total. The van der Waals surface area contributed by atoms with E-state index < -0.39 is 0 Å². The highest BCUT2D eigenvalue weighted by molar-refractivity contribution is 5.14. The number of nitrogens with one attached hydrogen (secondary N) is 1. The Hall–Kier alpha value is -0.860. The molecular weight excluding hydrogens is 234 g/mol. The third-order valence-corrected chi connectivity index (χ3v) is 3.91. The predicted molar refractivity (Wildman–Crippen MR) is 80.4 cm³/mol. The third kappa shape index (κ3) is 4.96. The highest BCUT2D eigenvalue weighted by atomic mass is 16.5. The van der Waals surface area contributed by atoms with Gasteiger partial charge in [-0.2, -0.15) is 0 Å². The summed E-state index contributed by atoms with van der Waals surface area (Å²) in [6.07, 6.45) is 7.70. The van der Waals surface area contributed by atoms with Gasteiger partial charge in [-0.25, -0.2) is 0 Å². The van der Waals surface area contributed by atoms with Crippen molar-refractivity contribution in [2.45, 2.75) is 57.6 Å². The average molecular weight is 261 g/mol. The first-order valence-electron chi connectivity index (χ1n) is 7.79. The fourth-order valence-electron chi connectivity index (χ4n) is 2.80. The summed E-state index contributed by atoms with van der Waals surface area (Å²) < 4.78 is 5.96. The molecule has 0 bridgehead atoms. The van der Waals surface area contributed by atoms with Crippen molar-refractivity contribution >= 4 is 0 Å². The SMILES string of the molecule is CCCNC(CCc1ccccc1)C1CCCCO1. The van der Waals surface area contributed by atoms with Gasteiger partial charge in [0.25, 0.3) is 0 Å². The fraction of sp³-hybridized carbons (Fsp3) is 0.647. The van der Waals surface area contributed by atoms with Crippen molar-refractivity contribution in [3.05, 3.63) is 35.9 Å². The van der Waals surface area contributed by atoms with Gasteiger partial charge < -0.3 is 10.1 Å². The molecule has 1 saturated heterocycles. The van der Waals surface area contributed by atoms with Crippen LogP contribution in [-0.4, -0.2) is 25.3 Å². The molecule has 1 heterocycles. The standard InChI is InChI=1S/C17H27NO/c1-2-13-18-16(17-10-6-7-14-19-17)12-11-15-8-4-3-5-9-15/h3-5,8-9,16-18H,2,6-7,10-14H2,1H3. The molecule has 0 radical (unpaired) electrons. The molecule has 19 heavy (non-hydrogen) atoms. The number of aryl methyl sites for hydroxylation is 1. The van der Waals surface area contributed by atoms with E-state index in [1.807, 2.05) is 0 Å². The molecule has 0 spiro atoms. The number of benzene rings is 1. The normalized spacial score (nSPS) is 21.2. The van der Waals surface area contributed by atoms with Crippen LogP contribution in [0.4, 0.5) is 0 Å². The van der Waals surface area contributed by atoms with Gasteiger partial charge in [-0.15, -0.1) is 0 Å². The summed E-state index contributed by atoms with van der Waals surface area (Å²) in [5, 5.41) is 3.68. The van der Waals surface area contributed by atoms with Crippen molar-refractivity contribution in [2.75, 3.05) is 13.2 Å². The van der Waals surface area contributed by atoms with Gasteiger partial charge in [0.05, 0.1) is 6.10 Å². The summed E-state index contributed by atoms with van der Waals surface area (Å²) in [6, 6.07) is 11.3. The molecule has 2 rings (SSSR count). The zero-order valence-electron chi connectivity index (χ0n) is 12.1. The van der Waals surface area contributed by atoms with Crippen LogP contribution in [0.15, 0.2) is 30.3 Å². The minimum Gasteiger partial charge on any atom is -0.377 e. The topological polar surface area (TPSA) is 21.3 Å². The van der Waals surface area contributed by atoms with Crippen molar-refractivity contribution in [3.63, 3.8) is 0 Å². The highest BCUT2D eigenvalue weighted by Crippen LogP contribution is 2.19. The summed E-state index contributed by atoms with van der Waals surface area (Å²) >= 11 is 0. The number of hydrogen-bond donors (Lipinski definition) is 1. The van der Waals surface area contributed by atoms with Crippen molar-refractivity contribution in [1.82, 2.24) is 5.32 Å². The monoisotopic (exact) mass is 261 g/mol. The third-order valence-electron chi connectivity index (χ3n) is 3.91. The number of hydrogen-bond acceptors (Lipinski definition) is 2. The predicted octanol–water partition coefficient (Wildman–Crippen LogP) is 3.56. The molecule has 0 aliphatic carbocycles. The zero-order chi connectivity index (χ0) is 13.3. The Bertz CT molecular complexity index is 332. The molecule has 1 N–H and O–H groups in total. The maximum atomic E-state index is 5.96. The number of ether oxygens (including phenoxy) is 1. The second-order valence-corrected chi connectivity index (χ2v) is 5.49. The summed E-state index contributed by atoms with van der Waals surface area (Å²) in [7, 11) is 0. The summed E-state index contributed by atoms with van der Waals surface area (Å²) in [6.45, 7) is 4.27.